The Morgan fingerprint density at radius 3 is 0.391 bits per heavy atom. The highest BCUT2D eigenvalue weighted by Crippen LogP contribution is 2.47. The van der Waals surface area contributed by atoms with Crippen molar-refractivity contribution in [3.63, 3.8) is 0 Å². The molecule has 10 aromatic rings. The summed E-state index contributed by atoms with van der Waals surface area (Å²) < 4.78 is 0. The van der Waals surface area contributed by atoms with Crippen LogP contribution < -0.4 is 0 Å². The Hall–Kier alpha value is -6.61. The first kappa shape index (κ1) is 69.7. The molecule has 10 rings (SSSR count). The zero-order chi connectivity index (χ0) is 67.1. The van der Waals surface area contributed by atoms with Gasteiger partial charge in [0.2, 0.25) is 0 Å². The molecule has 0 atom stereocenters. The molecule has 0 fully saturated rings. The number of hydrogen-bond donors (Lipinski definition) is 0. The molecule has 0 aromatic heterocycles. The molecule has 0 saturated carbocycles. The maximum absolute atomic E-state index is 4.11. The molecule has 0 radical (unpaired) electrons. The summed E-state index contributed by atoms with van der Waals surface area (Å²) in [6.07, 6.45) is 0. The molecule has 0 amide bonds. The Morgan fingerprint density at radius 2 is 0.293 bits per heavy atom. The van der Waals surface area contributed by atoms with Gasteiger partial charge in [-0.15, -0.1) is 22.2 Å². The maximum Gasteiger partial charge on any atom is 0.146 e. The predicted molar refractivity (Wildman–Crippen MR) is 425 cm³/mol. The van der Waals surface area contributed by atoms with Crippen LogP contribution in [0.5, 0.6) is 0 Å². The lowest BCUT2D eigenvalue weighted by atomic mass is 9.89. The molecule has 0 unspecified atom stereocenters. The van der Waals surface area contributed by atoms with Crippen molar-refractivity contribution < 1.29 is 0 Å². The van der Waals surface area contributed by atoms with Gasteiger partial charge in [0.15, 0.2) is 0 Å². The predicted octanol–water partition coefficient (Wildman–Crippen LogP) is 26.9. The van der Waals surface area contributed by atoms with Crippen LogP contribution in [0.1, 0.15) is 188 Å². The van der Waals surface area contributed by atoms with E-state index in [-0.39, 0.29) is 0 Å². The highest BCUT2D eigenvalue weighted by atomic mass is 28.3. The first-order valence-electron chi connectivity index (χ1n) is 35.2. The van der Waals surface area contributed by atoms with Crippen LogP contribution in [0.4, 0.5) is 0 Å². The van der Waals surface area contributed by atoms with Gasteiger partial charge in [-0.25, -0.2) is 0 Å². The lowest BCUT2D eigenvalue weighted by Gasteiger charge is -2.38. The first-order valence-corrected chi connectivity index (χ1v) is 44.2. The Kier molecular flexibility index (Phi) is 21.0. The zero-order valence-corrected chi connectivity index (χ0v) is 64.8. The number of fused-ring (bicyclic) bond motifs is 8. The maximum atomic E-state index is 4.11. The van der Waals surface area contributed by atoms with Gasteiger partial charge in [0.1, 0.15) is 32.3 Å². The lowest BCUT2D eigenvalue weighted by Crippen LogP contribution is -2.43. The molecule has 0 heterocycles. The first-order chi connectivity index (χ1) is 43.5. The summed E-state index contributed by atoms with van der Waals surface area (Å²) in [5.41, 5.74) is 28.0. The van der Waals surface area contributed by atoms with E-state index in [4.69, 9.17) is 0 Å². The number of rotatable bonds is 12. The SMILES string of the molecule is CC(C)[Si](C#Cc1c2cc3ccccc3cc2c(C#C[Si](C(C)C)(C(C)C)C(C)C)c2cc3ccccc3cc12)(C(C)C)C(C)C.CC(C)[Si](C#Cc1c2cc3ccccc3cc2c(C#C[Si](C(C)C)(C(C)C)C(C)C)c2cc3ccccc3cc12)(C(C)C)C(C)C. The average molecular weight is 1280 g/mol. The normalized spacial score (nSPS) is 12.7. The molecule has 0 N–H and O–H groups in total. The highest BCUT2D eigenvalue weighted by Gasteiger charge is 2.45. The van der Waals surface area contributed by atoms with E-state index in [1.807, 2.05) is 0 Å². The quantitative estimate of drug-likeness (QED) is 0.0650. The van der Waals surface area contributed by atoms with E-state index in [9.17, 15) is 0 Å². The minimum Gasteiger partial charge on any atom is -0.125 e. The summed E-state index contributed by atoms with van der Waals surface area (Å²) in [5.74, 6) is 15.9. The second kappa shape index (κ2) is 27.8. The third-order valence-electron chi connectivity index (χ3n) is 22.8. The fourth-order valence-corrected chi connectivity index (χ4v) is 39.0. The molecule has 0 aliphatic rings. The minimum absolute atomic E-state index is 0.575. The van der Waals surface area contributed by atoms with Gasteiger partial charge in [0, 0.05) is 22.3 Å². The molecule has 0 aliphatic heterocycles. The Labute approximate surface area is 561 Å². The molecule has 476 valence electrons. The lowest BCUT2D eigenvalue weighted by molar-refractivity contribution is 0.838. The van der Waals surface area contributed by atoms with Crippen LogP contribution in [0.2, 0.25) is 66.5 Å². The van der Waals surface area contributed by atoms with Gasteiger partial charge in [0.25, 0.3) is 0 Å². The van der Waals surface area contributed by atoms with Gasteiger partial charge in [-0.2, -0.15) is 0 Å². The molecule has 0 nitrogen and oxygen atoms in total. The van der Waals surface area contributed by atoms with Gasteiger partial charge < -0.3 is 0 Å². The minimum atomic E-state index is -1.97. The summed E-state index contributed by atoms with van der Waals surface area (Å²) in [7, 11) is -7.87. The van der Waals surface area contributed by atoms with Crippen LogP contribution >= 0.6 is 0 Å². The van der Waals surface area contributed by atoms with E-state index in [1.165, 1.54) is 108 Å². The third kappa shape index (κ3) is 12.4. The van der Waals surface area contributed by atoms with E-state index in [2.05, 4.69) is 358 Å². The van der Waals surface area contributed by atoms with Crippen LogP contribution in [0.15, 0.2) is 146 Å². The number of hydrogen-bond acceptors (Lipinski definition) is 0. The van der Waals surface area contributed by atoms with E-state index in [0.717, 1.165) is 0 Å². The van der Waals surface area contributed by atoms with Crippen molar-refractivity contribution in [3.8, 4) is 45.9 Å². The van der Waals surface area contributed by atoms with E-state index in [1.54, 1.807) is 0 Å². The van der Waals surface area contributed by atoms with Crippen LogP contribution in [0.25, 0.3) is 86.2 Å². The largest absolute Gasteiger partial charge is 0.146 e. The molecule has 4 heteroatoms. The van der Waals surface area contributed by atoms with Gasteiger partial charge in [-0.3, -0.25) is 0 Å². The molecular weight excluding hydrogens is 1170 g/mol. The second-order valence-electron chi connectivity index (χ2n) is 31.1. The van der Waals surface area contributed by atoms with Gasteiger partial charge in [0.05, 0.1) is 0 Å². The van der Waals surface area contributed by atoms with E-state index < -0.39 is 32.3 Å². The molecule has 0 saturated heterocycles. The van der Waals surface area contributed by atoms with Crippen molar-refractivity contribution in [2.75, 3.05) is 0 Å². The Morgan fingerprint density at radius 1 is 0.185 bits per heavy atom. The monoisotopic (exact) mass is 1280 g/mol. The third-order valence-corrected chi connectivity index (χ3v) is 47.9. The highest BCUT2D eigenvalue weighted by molar-refractivity contribution is 6.92. The van der Waals surface area contributed by atoms with Crippen molar-refractivity contribution in [2.45, 2.75) is 233 Å². The van der Waals surface area contributed by atoms with Gasteiger partial charge >= 0.3 is 0 Å². The van der Waals surface area contributed by atoms with E-state index >= 15 is 0 Å². The van der Waals surface area contributed by atoms with E-state index in [0.29, 0.717) is 66.5 Å². The Balaban J connectivity index is 0.000000217. The topological polar surface area (TPSA) is 0 Å². The standard InChI is InChI=1S/2C44H54Si2/c2*1-29(2)45(30(3)4,31(5)6)23-21-39-41-25-35-17-13-15-19-37(35)27-43(41)40(22-24-46(32(7)8,33(9)10)34(11)12)44-28-38-20-16-14-18-36(38)26-42(39)44/h2*13-20,25-34H,1-12H3. The van der Waals surface area contributed by atoms with Crippen molar-refractivity contribution in [3.05, 3.63) is 168 Å². The second-order valence-corrected chi connectivity index (χ2v) is 53.4. The average Bonchev–Trinajstić information content (AvgIpc) is 0.739. The van der Waals surface area contributed by atoms with Crippen molar-refractivity contribution in [1.29, 1.82) is 0 Å². The Bertz CT molecular complexity index is 3790. The van der Waals surface area contributed by atoms with Gasteiger partial charge in [-0.1, -0.05) is 287 Å². The van der Waals surface area contributed by atoms with Crippen LogP contribution in [-0.2, 0) is 0 Å². The van der Waals surface area contributed by atoms with Crippen molar-refractivity contribution in [2.24, 2.45) is 0 Å². The summed E-state index contributed by atoms with van der Waals surface area (Å²) >= 11 is 0. The molecule has 92 heavy (non-hydrogen) atoms. The van der Waals surface area contributed by atoms with Crippen molar-refractivity contribution in [1.82, 2.24) is 0 Å². The van der Waals surface area contributed by atoms with Gasteiger partial charge in [-0.05, 0) is 201 Å². The summed E-state index contributed by atoms with van der Waals surface area (Å²) in [4.78, 5) is 0. The summed E-state index contributed by atoms with van der Waals surface area (Å²) in [6.45, 7) is 57.8. The zero-order valence-electron chi connectivity index (χ0n) is 60.8. The molecule has 0 spiro atoms. The number of benzene rings is 10. The van der Waals surface area contributed by atoms with Crippen LogP contribution in [0.3, 0.4) is 0 Å². The van der Waals surface area contributed by atoms with Crippen molar-refractivity contribution >= 4 is 118 Å². The smallest absolute Gasteiger partial charge is 0.125 e. The fourth-order valence-electron chi connectivity index (χ4n) is 18.1. The summed E-state index contributed by atoms with van der Waals surface area (Å²) in [6, 6.07) is 54.3. The molecular formula is C88H108Si4. The summed E-state index contributed by atoms with van der Waals surface area (Å²) in [5, 5.41) is 20.0. The molecule has 0 bridgehead atoms. The molecule has 10 aromatic carbocycles. The fraction of sp³-hybridized carbons (Fsp3) is 0.409. The van der Waals surface area contributed by atoms with Crippen LogP contribution in [0, 0.1) is 45.9 Å². The molecule has 0 aliphatic carbocycles. The van der Waals surface area contributed by atoms with Crippen LogP contribution in [-0.4, -0.2) is 32.3 Å².